The summed E-state index contributed by atoms with van der Waals surface area (Å²) in [7, 11) is 0. The number of carbonyl (C=O) groups is 1. The molecule has 0 fully saturated rings. The Morgan fingerprint density at radius 1 is 1.31 bits per heavy atom. The van der Waals surface area contributed by atoms with Gasteiger partial charge in [0.25, 0.3) is 5.69 Å². The maximum atomic E-state index is 11.1. The van der Waals surface area contributed by atoms with Crippen LogP contribution in [0.15, 0.2) is 18.2 Å². The van der Waals surface area contributed by atoms with Crippen LogP contribution in [-0.4, -0.2) is 10.7 Å². The maximum absolute atomic E-state index is 11.1. The number of nitrogens with zero attached hydrogens (tertiary/aromatic N) is 1. The zero-order valence-corrected chi connectivity index (χ0v) is 6.82. The molecule has 0 amide bonds. The Morgan fingerprint density at radius 2 is 2.08 bits per heavy atom. The van der Waals surface area contributed by atoms with Crippen LogP contribution in [0.3, 0.4) is 0 Å². The molecular weight excluding hydrogens is 170 g/mol. The molecule has 0 atom stereocenters. The molecule has 0 spiro atoms. The first-order valence-corrected chi connectivity index (χ1v) is 3.95. The van der Waals surface area contributed by atoms with E-state index >= 15 is 0 Å². The first kappa shape index (κ1) is 7.91. The Morgan fingerprint density at radius 3 is 2.77 bits per heavy atom. The van der Waals surface area contributed by atoms with E-state index in [4.69, 9.17) is 0 Å². The van der Waals surface area contributed by atoms with E-state index in [-0.39, 0.29) is 17.9 Å². The molecule has 4 heteroatoms. The monoisotopic (exact) mass is 177 g/mol. The number of rotatable bonds is 1. The highest BCUT2D eigenvalue weighted by molar-refractivity contribution is 5.89. The number of Topliss-reactive ketones (excluding diaryl/α,β-unsaturated/α-hetero) is 1. The fraction of sp³-hybridized carbons (Fsp3) is 0.222. The normalized spacial score (nSPS) is 14.3. The minimum Gasteiger partial charge on any atom is -0.299 e. The van der Waals surface area contributed by atoms with Gasteiger partial charge in [-0.05, 0) is 5.56 Å². The van der Waals surface area contributed by atoms with Gasteiger partial charge in [-0.15, -0.1) is 0 Å². The van der Waals surface area contributed by atoms with Gasteiger partial charge in [-0.3, -0.25) is 14.9 Å². The topological polar surface area (TPSA) is 60.2 Å². The van der Waals surface area contributed by atoms with Crippen molar-refractivity contribution in [1.82, 2.24) is 0 Å². The number of fused-ring (bicyclic) bond motifs is 1. The summed E-state index contributed by atoms with van der Waals surface area (Å²) in [5.74, 6) is 0.0595. The molecule has 0 unspecified atom stereocenters. The summed E-state index contributed by atoms with van der Waals surface area (Å²) in [6.45, 7) is 0. The highest BCUT2D eigenvalue weighted by Gasteiger charge is 2.25. The van der Waals surface area contributed by atoms with Crippen molar-refractivity contribution in [3.63, 3.8) is 0 Å². The van der Waals surface area contributed by atoms with Crippen molar-refractivity contribution in [3.8, 4) is 0 Å². The molecule has 0 bridgehead atoms. The zero-order chi connectivity index (χ0) is 9.42. The summed E-state index contributed by atoms with van der Waals surface area (Å²) >= 11 is 0. The fourth-order valence-corrected chi connectivity index (χ4v) is 1.63. The molecule has 0 aromatic heterocycles. The van der Waals surface area contributed by atoms with Gasteiger partial charge in [0.15, 0.2) is 0 Å². The van der Waals surface area contributed by atoms with Gasteiger partial charge in [0.2, 0.25) is 0 Å². The van der Waals surface area contributed by atoms with E-state index < -0.39 is 4.92 Å². The Labute approximate surface area is 74.3 Å². The van der Waals surface area contributed by atoms with Gasteiger partial charge in [-0.25, -0.2) is 0 Å². The highest BCUT2D eigenvalue weighted by atomic mass is 16.6. The summed E-state index contributed by atoms with van der Waals surface area (Å²) < 4.78 is 0. The lowest BCUT2D eigenvalue weighted by atomic mass is 10.1. The van der Waals surface area contributed by atoms with Gasteiger partial charge in [-0.1, -0.05) is 12.1 Å². The molecule has 1 aromatic carbocycles. The molecule has 2 rings (SSSR count). The van der Waals surface area contributed by atoms with Crippen molar-refractivity contribution < 1.29 is 9.72 Å². The zero-order valence-electron chi connectivity index (χ0n) is 6.82. The van der Waals surface area contributed by atoms with Gasteiger partial charge in [0.05, 0.1) is 4.92 Å². The average molecular weight is 177 g/mol. The molecule has 0 saturated heterocycles. The van der Waals surface area contributed by atoms with Crippen LogP contribution >= 0.6 is 0 Å². The van der Waals surface area contributed by atoms with E-state index in [1.807, 2.05) is 0 Å². The lowest BCUT2D eigenvalue weighted by Gasteiger charge is -1.97. The Hall–Kier alpha value is -1.71. The van der Waals surface area contributed by atoms with Crippen LogP contribution in [-0.2, 0) is 17.6 Å². The predicted molar refractivity (Wildman–Crippen MR) is 45.5 cm³/mol. The summed E-state index contributed by atoms with van der Waals surface area (Å²) in [6.07, 6.45) is 0.559. The fourth-order valence-electron chi connectivity index (χ4n) is 1.63. The number of carbonyl (C=O) groups excluding carboxylic acids is 1. The van der Waals surface area contributed by atoms with Gasteiger partial charge in [-0.2, -0.15) is 0 Å². The second-order valence-corrected chi connectivity index (χ2v) is 3.06. The van der Waals surface area contributed by atoms with Gasteiger partial charge in [0, 0.05) is 24.5 Å². The molecule has 13 heavy (non-hydrogen) atoms. The number of nitro benzene ring substituents is 1. The van der Waals surface area contributed by atoms with E-state index in [2.05, 4.69) is 0 Å². The van der Waals surface area contributed by atoms with Crippen LogP contribution < -0.4 is 0 Å². The van der Waals surface area contributed by atoms with E-state index in [1.54, 1.807) is 12.1 Å². The van der Waals surface area contributed by atoms with Crippen LogP contribution in [0.2, 0.25) is 0 Å². The lowest BCUT2D eigenvalue weighted by Crippen LogP contribution is -1.96. The average Bonchev–Trinajstić information content (AvgIpc) is 2.43. The van der Waals surface area contributed by atoms with Crippen LogP contribution in [0.4, 0.5) is 5.69 Å². The van der Waals surface area contributed by atoms with Crippen LogP contribution in [0, 0.1) is 10.1 Å². The number of ketones is 1. The molecule has 0 heterocycles. The second-order valence-electron chi connectivity index (χ2n) is 3.06. The minimum absolute atomic E-state index is 0.0595. The number of benzene rings is 1. The molecule has 0 radical (unpaired) electrons. The SMILES string of the molecule is O=C1Cc2cccc([N+](=O)[O-])c2C1. The second kappa shape index (κ2) is 2.65. The van der Waals surface area contributed by atoms with Crippen molar-refractivity contribution in [1.29, 1.82) is 0 Å². The van der Waals surface area contributed by atoms with Crippen LogP contribution in [0.25, 0.3) is 0 Å². The molecule has 1 aromatic rings. The molecule has 0 aliphatic heterocycles. The van der Waals surface area contributed by atoms with E-state index in [0.717, 1.165) is 5.56 Å². The quantitative estimate of drug-likeness (QED) is 0.479. The largest absolute Gasteiger partial charge is 0.299 e. The number of hydrogen-bond donors (Lipinski definition) is 0. The Bertz CT molecular complexity index is 398. The first-order chi connectivity index (χ1) is 6.18. The molecule has 66 valence electrons. The summed E-state index contributed by atoms with van der Waals surface area (Å²) in [6, 6.07) is 4.83. The summed E-state index contributed by atoms with van der Waals surface area (Å²) in [4.78, 5) is 21.2. The van der Waals surface area contributed by atoms with E-state index in [9.17, 15) is 14.9 Å². The Kier molecular flexibility index (Phi) is 1.62. The van der Waals surface area contributed by atoms with E-state index in [1.165, 1.54) is 6.07 Å². The molecule has 0 N–H and O–H groups in total. The molecule has 1 aliphatic carbocycles. The third kappa shape index (κ3) is 1.20. The number of nitro groups is 1. The van der Waals surface area contributed by atoms with Crippen molar-refractivity contribution in [2.45, 2.75) is 12.8 Å². The Balaban J connectivity index is 2.57. The highest BCUT2D eigenvalue weighted by Crippen LogP contribution is 2.28. The molecule has 0 saturated carbocycles. The van der Waals surface area contributed by atoms with Crippen molar-refractivity contribution in [2.24, 2.45) is 0 Å². The third-order valence-electron chi connectivity index (χ3n) is 2.21. The van der Waals surface area contributed by atoms with Crippen LogP contribution in [0.1, 0.15) is 11.1 Å². The van der Waals surface area contributed by atoms with Crippen molar-refractivity contribution in [3.05, 3.63) is 39.4 Å². The smallest absolute Gasteiger partial charge is 0.273 e. The predicted octanol–water partition coefficient (Wildman–Crippen LogP) is 1.26. The van der Waals surface area contributed by atoms with Crippen molar-refractivity contribution >= 4 is 11.5 Å². The van der Waals surface area contributed by atoms with E-state index in [0.29, 0.717) is 12.0 Å². The van der Waals surface area contributed by atoms with Crippen LogP contribution in [0.5, 0.6) is 0 Å². The van der Waals surface area contributed by atoms with Gasteiger partial charge in [0.1, 0.15) is 5.78 Å². The van der Waals surface area contributed by atoms with Gasteiger partial charge >= 0.3 is 0 Å². The first-order valence-electron chi connectivity index (χ1n) is 3.95. The summed E-state index contributed by atoms with van der Waals surface area (Å²) in [5.41, 5.74) is 1.47. The lowest BCUT2D eigenvalue weighted by molar-refractivity contribution is -0.385. The standard InChI is InChI=1S/C9H7NO3/c11-7-4-6-2-1-3-9(10(12)13)8(6)5-7/h1-3H,4-5H2. The molecular formula is C9H7NO3. The molecule has 1 aliphatic rings. The third-order valence-corrected chi connectivity index (χ3v) is 2.21. The maximum Gasteiger partial charge on any atom is 0.273 e. The number of hydrogen-bond acceptors (Lipinski definition) is 3. The summed E-state index contributed by atoms with van der Waals surface area (Å²) in [5, 5.41) is 10.6. The minimum atomic E-state index is -0.433. The van der Waals surface area contributed by atoms with Crippen molar-refractivity contribution in [2.75, 3.05) is 0 Å². The molecule has 4 nitrogen and oxygen atoms in total. The van der Waals surface area contributed by atoms with Gasteiger partial charge < -0.3 is 0 Å².